The molecule has 1 fully saturated rings. The number of nitrogens with two attached hydrogens (primary N) is 2. The highest BCUT2D eigenvalue weighted by Gasteiger charge is 2.29. The molecule has 1 aliphatic rings. The second kappa shape index (κ2) is 4.70. The molecule has 0 amide bonds. The van der Waals surface area contributed by atoms with Crippen LogP contribution < -0.4 is 11.5 Å². The standard InChI is InChI=1S/C8H16N2O4/c1-4(9)7(11)14-5-2-6(10)8(12)13-3-5/h4-6,8,12H,2-3,9-10H2,1H3/t4-,5+,6-,8?/m0/s1. The van der Waals surface area contributed by atoms with Gasteiger partial charge in [0.25, 0.3) is 0 Å². The first kappa shape index (κ1) is 11.4. The Hall–Kier alpha value is -0.690. The van der Waals surface area contributed by atoms with E-state index in [4.69, 9.17) is 26.0 Å². The van der Waals surface area contributed by atoms with Crippen LogP contribution in [-0.2, 0) is 14.3 Å². The quantitative estimate of drug-likeness (QED) is 0.463. The number of aliphatic hydroxyl groups is 1. The molecule has 4 atom stereocenters. The summed E-state index contributed by atoms with van der Waals surface area (Å²) >= 11 is 0. The number of carbonyl (C=O) groups is 1. The van der Waals surface area contributed by atoms with Gasteiger partial charge in [0, 0.05) is 6.42 Å². The van der Waals surface area contributed by atoms with Crippen LogP contribution in [0, 0.1) is 0 Å². The molecular weight excluding hydrogens is 188 g/mol. The fourth-order valence-corrected chi connectivity index (χ4v) is 1.17. The molecule has 6 heteroatoms. The SMILES string of the molecule is C[C@H](N)C(=O)O[C@H]1COC(O)[C@@H](N)C1. The number of carbonyl (C=O) groups excluding carboxylic acids is 1. The average molecular weight is 204 g/mol. The van der Waals surface area contributed by atoms with Crippen molar-refractivity contribution in [3.05, 3.63) is 0 Å². The maximum absolute atomic E-state index is 11.1. The molecule has 0 saturated carbocycles. The minimum atomic E-state index is -0.972. The number of rotatable bonds is 2. The molecule has 0 aromatic rings. The molecular formula is C8H16N2O4. The van der Waals surface area contributed by atoms with Gasteiger partial charge in [0.15, 0.2) is 6.29 Å². The van der Waals surface area contributed by atoms with Crippen LogP contribution in [-0.4, -0.2) is 42.2 Å². The third kappa shape index (κ3) is 2.91. The number of hydrogen-bond donors (Lipinski definition) is 3. The van der Waals surface area contributed by atoms with Gasteiger partial charge in [0.2, 0.25) is 0 Å². The monoisotopic (exact) mass is 204 g/mol. The van der Waals surface area contributed by atoms with Gasteiger partial charge in [0.1, 0.15) is 12.1 Å². The van der Waals surface area contributed by atoms with Crippen molar-refractivity contribution in [3.8, 4) is 0 Å². The molecule has 1 heterocycles. The van der Waals surface area contributed by atoms with E-state index in [2.05, 4.69) is 0 Å². The van der Waals surface area contributed by atoms with Crippen LogP contribution in [0.2, 0.25) is 0 Å². The topological polar surface area (TPSA) is 108 Å². The van der Waals surface area contributed by atoms with E-state index in [1.54, 1.807) is 6.92 Å². The fraction of sp³-hybridized carbons (Fsp3) is 0.875. The molecule has 0 bridgehead atoms. The van der Waals surface area contributed by atoms with Crippen LogP contribution >= 0.6 is 0 Å². The second-order valence-corrected chi connectivity index (χ2v) is 3.47. The smallest absolute Gasteiger partial charge is 0.322 e. The van der Waals surface area contributed by atoms with Gasteiger partial charge in [-0.2, -0.15) is 0 Å². The van der Waals surface area contributed by atoms with Crippen molar-refractivity contribution in [1.82, 2.24) is 0 Å². The number of esters is 1. The van der Waals surface area contributed by atoms with Gasteiger partial charge in [-0.05, 0) is 6.92 Å². The molecule has 0 aliphatic carbocycles. The zero-order valence-corrected chi connectivity index (χ0v) is 8.05. The Labute approximate surface area is 82.2 Å². The summed E-state index contributed by atoms with van der Waals surface area (Å²) in [6.45, 7) is 1.70. The lowest BCUT2D eigenvalue weighted by atomic mass is 10.1. The third-order valence-electron chi connectivity index (χ3n) is 2.01. The highest BCUT2D eigenvalue weighted by atomic mass is 16.6. The van der Waals surface area contributed by atoms with Gasteiger partial charge in [-0.25, -0.2) is 0 Å². The summed E-state index contributed by atoms with van der Waals surface area (Å²) in [5.41, 5.74) is 10.8. The maximum atomic E-state index is 11.1. The molecule has 82 valence electrons. The minimum absolute atomic E-state index is 0.160. The summed E-state index contributed by atoms with van der Waals surface area (Å²) in [5.74, 6) is -0.484. The van der Waals surface area contributed by atoms with Crippen LogP contribution in [0.1, 0.15) is 13.3 Å². The normalized spacial score (nSPS) is 35.0. The summed E-state index contributed by atoms with van der Waals surface area (Å²) in [4.78, 5) is 11.1. The van der Waals surface area contributed by atoms with Crippen molar-refractivity contribution in [2.75, 3.05) is 6.61 Å². The Bertz CT molecular complexity index is 210. The largest absolute Gasteiger partial charge is 0.459 e. The lowest BCUT2D eigenvalue weighted by molar-refractivity contribution is -0.187. The predicted molar refractivity (Wildman–Crippen MR) is 48.1 cm³/mol. The summed E-state index contributed by atoms with van der Waals surface area (Å²) in [6.07, 6.45) is -0.994. The first-order valence-corrected chi connectivity index (χ1v) is 4.52. The lowest BCUT2D eigenvalue weighted by Gasteiger charge is -2.30. The van der Waals surface area contributed by atoms with Gasteiger partial charge < -0.3 is 26.0 Å². The Balaban J connectivity index is 2.37. The van der Waals surface area contributed by atoms with Crippen LogP contribution in [0.4, 0.5) is 0 Å². The molecule has 1 saturated heterocycles. The van der Waals surface area contributed by atoms with E-state index in [1.807, 2.05) is 0 Å². The molecule has 1 rings (SSSR count). The zero-order valence-electron chi connectivity index (χ0n) is 8.05. The molecule has 5 N–H and O–H groups in total. The van der Waals surface area contributed by atoms with Crippen LogP contribution in [0.25, 0.3) is 0 Å². The lowest BCUT2D eigenvalue weighted by Crippen LogP contribution is -2.48. The van der Waals surface area contributed by atoms with Gasteiger partial charge in [-0.1, -0.05) is 0 Å². The van der Waals surface area contributed by atoms with Crippen LogP contribution in [0.3, 0.4) is 0 Å². The van der Waals surface area contributed by atoms with E-state index < -0.39 is 30.4 Å². The number of ether oxygens (including phenoxy) is 2. The third-order valence-corrected chi connectivity index (χ3v) is 2.01. The summed E-state index contributed by atoms with van der Waals surface area (Å²) in [7, 11) is 0. The van der Waals surface area contributed by atoms with Crippen LogP contribution in [0.15, 0.2) is 0 Å². The summed E-state index contributed by atoms with van der Waals surface area (Å²) < 4.78 is 9.89. The van der Waals surface area contributed by atoms with Crippen molar-refractivity contribution in [1.29, 1.82) is 0 Å². The second-order valence-electron chi connectivity index (χ2n) is 3.47. The van der Waals surface area contributed by atoms with Crippen molar-refractivity contribution < 1.29 is 19.4 Å². The summed E-state index contributed by atoms with van der Waals surface area (Å²) in [5, 5.41) is 9.13. The van der Waals surface area contributed by atoms with Gasteiger partial charge in [-0.15, -0.1) is 0 Å². The Morgan fingerprint density at radius 1 is 1.71 bits per heavy atom. The van der Waals surface area contributed by atoms with Crippen molar-refractivity contribution >= 4 is 5.97 Å². The van der Waals surface area contributed by atoms with Gasteiger partial charge >= 0.3 is 5.97 Å². The first-order chi connectivity index (χ1) is 6.50. The predicted octanol–water partition coefficient (Wildman–Crippen LogP) is -1.69. The van der Waals surface area contributed by atoms with Gasteiger partial charge in [0.05, 0.1) is 12.6 Å². The van der Waals surface area contributed by atoms with E-state index >= 15 is 0 Å². The van der Waals surface area contributed by atoms with E-state index in [-0.39, 0.29) is 6.61 Å². The minimum Gasteiger partial charge on any atom is -0.459 e. The highest BCUT2D eigenvalue weighted by molar-refractivity contribution is 5.75. The molecule has 0 radical (unpaired) electrons. The van der Waals surface area contributed by atoms with Crippen molar-refractivity contribution in [3.63, 3.8) is 0 Å². The highest BCUT2D eigenvalue weighted by Crippen LogP contribution is 2.14. The summed E-state index contributed by atoms with van der Waals surface area (Å²) in [6, 6.07) is -1.17. The molecule has 6 nitrogen and oxygen atoms in total. The molecule has 0 spiro atoms. The number of aliphatic hydroxyl groups excluding tert-OH is 1. The van der Waals surface area contributed by atoms with Crippen molar-refractivity contribution in [2.24, 2.45) is 11.5 Å². The Morgan fingerprint density at radius 3 is 2.86 bits per heavy atom. The fourth-order valence-electron chi connectivity index (χ4n) is 1.17. The average Bonchev–Trinajstić information content (AvgIpc) is 2.11. The maximum Gasteiger partial charge on any atom is 0.322 e. The van der Waals surface area contributed by atoms with Crippen LogP contribution in [0.5, 0.6) is 0 Å². The van der Waals surface area contributed by atoms with E-state index in [0.717, 1.165) is 0 Å². The van der Waals surface area contributed by atoms with Gasteiger partial charge in [-0.3, -0.25) is 4.79 Å². The zero-order chi connectivity index (χ0) is 10.7. The molecule has 0 aromatic heterocycles. The Kier molecular flexibility index (Phi) is 3.82. The van der Waals surface area contributed by atoms with Crippen molar-refractivity contribution in [2.45, 2.75) is 37.8 Å². The number of hydrogen-bond acceptors (Lipinski definition) is 6. The molecule has 1 aliphatic heterocycles. The van der Waals surface area contributed by atoms with E-state index in [0.29, 0.717) is 6.42 Å². The molecule has 1 unspecified atom stereocenters. The Morgan fingerprint density at radius 2 is 2.36 bits per heavy atom. The van der Waals surface area contributed by atoms with E-state index in [1.165, 1.54) is 0 Å². The molecule has 14 heavy (non-hydrogen) atoms. The molecule has 0 aromatic carbocycles. The first-order valence-electron chi connectivity index (χ1n) is 4.52. The van der Waals surface area contributed by atoms with E-state index in [9.17, 15) is 4.79 Å².